The third kappa shape index (κ3) is 670. The molecule has 0 heterocycles. The van der Waals surface area contributed by atoms with Gasteiger partial charge in [0.05, 0.1) is 0 Å². The van der Waals surface area contributed by atoms with Crippen LogP contribution < -0.4 is 15.3 Å². The molecule has 0 aromatic heterocycles. The molecule has 0 saturated carbocycles. The molecule has 0 aliphatic rings. The van der Waals surface area contributed by atoms with Crippen LogP contribution in [0.3, 0.4) is 0 Å². The second kappa shape index (κ2) is 55.1. The number of rotatable bonds is 0. The fraction of sp³-hybridized carbons (Fsp3) is 0.778. The van der Waals surface area contributed by atoms with Gasteiger partial charge in [-0.05, 0) is 0 Å². The van der Waals surface area contributed by atoms with Gasteiger partial charge in [0, 0.05) is 0 Å². The van der Waals surface area contributed by atoms with Crippen LogP contribution in [-0.2, 0) is 0 Å². The van der Waals surface area contributed by atoms with Gasteiger partial charge in [-0.15, -0.1) is 19.8 Å². The van der Waals surface area contributed by atoms with E-state index in [1.54, 1.807) is 20.8 Å². The quantitative estimate of drug-likeness (QED) is 0.526. The number of hydrogen-bond acceptors (Lipinski definition) is 3. The van der Waals surface area contributed by atoms with Crippen LogP contribution in [0.15, 0.2) is 10.2 Å². The average Bonchev–Trinajstić information content (AvgIpc) is 2.08. The average molecular weight is 295 g/mol. The van der Waals surface area contributed by atoms with Gasteiger partial charge in [-0.2, -0.15) is 0 Å². The Labute approximate surface area is 95.6 Å². The predicted octanol–water partition coefficient (Wildman–Crippen LogP) is -1.21. The Kier molecular flexibility index (Phi) is 99.0. The van der Waals surface area contributed by atoms with Gasteiger partial charge >= 0.3 is 39.6 Å². The third-order valence-corrected chi connectivity index (χ3v) is 1.12. The van der Waals surface area contributed by atoms with Crippen LogP contribution in [0, 0.1) is 0 Å². The molecule has 0 fully saturated rings. The maximum absolute atomic E-state index is 8.93. The van der Waals surface area contributed by atoms with E-state index in [1.807, 2.05) is 13.0 Å². The van der Waals surface area contributed by atoms with Crippen molar-refractivity contribution in [1.29, 1.82) is 0 Å². The summed E-state index contributed by atoms with van der Waals surface area (Å²) in [6.45, 7) is 6.73. The molecule has 3 nitrogen and oxygen atoms in total. The maximum atomic E-state index is 8.93. The Balaban J connectivity index is -0.0000000420. The van der Waals surface area contributed by atoms with Gasteiger partial charge in [-0.3, -0.25) is 0 Å². The minimum Gasteiger partial charge on any atom is -0.855 e. The SMILES string of the molecule is CC=[CH][Sn+3].CC[O-].CC[O-].CC[O-]. The minimum atomic E-state index is 0. The summed E-state index contributed by atoms with van der Waals surface area (Å²) in [5, 5.41) is 26.8. The van der Waals surface area contributed by atoms with E-state index in [1.165, 1.54) is 22.5 Å². The van der Waals surface area contributed by atoms with E-state index in [0.717, 1.165) is 0 Å². The Morgan fingerprint density at radius 3 is 1.00 bits per heavy atom. The van der Waals surface area contributed by atoms with Crippen molar-refractivity contribution in [3.05, 3.63) is 10.2 Å². The second-order valence-electron chi connectivity index (χ2n) is 1.37. The van der Waals surface area contributed by atoms with E-state index in [4.69, 9.17) is 15.3 Å². The first-order valence-electron chi connectivity index (χ1n) is 4.19. The molecule has 0 radical (unpaired) electrons. The summed E-state index contributed by atoms with van der Waals surface area (Å²) in [5.74, 6) is 0. The van der Waals surface area contributed by atoms with Crippen LogP contribution in [0.2, 0.25) is 0 Å². The molecule has 0 saturated heterocycles. The van der Waals surface area contributed by atoms with Crippen molar-refractivity contribution in [1.82, 2.24) is 0 Å². The summed E-state index contributed by atoms with van der Waals surface area (Å²) in [5.41, 5.74) is 0. The molecule has 0 spiro atoms. The summed E-state index contributed by atoms with van der Waals surface area (Å²) in [4.78, 5) is 0. The fourth-order valence-electron chi connectivity index (χ4n) is 0. The molecule has 0 aromatic carbocycles. The fourth-order valence-corrected chi connectivity index (χ4v) is 0. The van der Waals surface area contributed by atoms with Gasteiger partial charge in [-0.1, -0.05) is 20.8 Å². The van der Waals surface area contributed by atoms with E-state index >= 15 is 0 Å². The van der Waals surface area contributed by atoms with Crippen LogP contribution in [-0.4, -0.2) is 42.3 Å². The molecule has 78 valence electrons. The van der Waals surface area contributed by atoms with Crippen molar-refractivity contribution in [2.75, 3.05) is 19.8 Å². The molecule has 0 N–H and O–H groups in total. The zero-order chi connectivity index (χ0) is 11.5. The Hall–Kier alpha value is 0.419. The molecule has 0 aromatic rings. The van der Waals surface area contributed by atoms with Gasteiger partial charge in [0.25, 0.3) is 0 Å². The molecule has 0 bridgehead atoms. The van der Waals surface area contributed by atoms with E-state index in [-0.39, 0.29) is 19.8 Å². The first-order chi connectivity index (χ1) is 6.16. The van der Waals surface area contributed by atoms with Crippen LogP contribution in [0.5, 0.6) is 0 Å². The van der Waals surface area contributed by atoms with Gasteiger partial charge in [0.15, 0.2) is 0 Å². The van der Waals surface area contributed by atoms with Crippen molar-refractivity contribution >= 4 is 22.5 Å². The standard InChI is InChI=1S/C3H5.3C2H5O.Sn/c1-3-2;3*1-2-3;/h1,3H,2H3;3*2H2,1H3;/q;3*-1;+3. The predicted molar refractivity (Wildman–Crippen MR) is 52.2 cm³/mol. The van der Waals surface area contributed by atoms with Crippen molar-refractivity contribution in [2.24, 2.45) is 0 Å². The van der Waals surface area contributed by atoms with Crippen molar-refractivity contribution in [3.8, 4) is 0 Å². The van der Waals surface area contributed by atoms with E-state index in [2.05, 4.69) is 4.09 Å². The number of allylic oxidation sites excluding steroid dienone is 1. The first kappa shape index (κ1) is 23.3. The molecule has 0 aliphatic carbocycles. The zero-order valence-electron chi connectivity index (χ0n) is 9.00. The monoisotopic (exact) mass is 296 g/mol. The zero-order valence-corrected chi connectivity index (χ0v) is 11.9. The van der Waals surface area contributed by atoms with E-state index in [9.17, 15) is 0 Å². The first-order valence-corrected chi connectivity index (χ1v) is 5.83. The van der Waals surface area contributed by atoms with Gasteiger partial charge in [0.1, 0.15) is 0 Å². The Bertz CT molecular complexity index is 50.1. The topological polar surface area (TPSA) is 69.2 Å². The van der Waals surface area contributed by atoms with Gasteiger partial charge in [-0.25, -0.2) is 0 Å². The summed E-state index contributed by atoms with van der Waals surface area (Å²) in [7, 11) is 0. The van der Waals surface area contributed by atoms with E-state index in [0.29, 0.717) is 0 Å². The normalized spacial score (nSPS) is 7.15. The van der Waals surface area contributed by atoms with Gasteiger partial charge in [0.2, 0.25) is 0 Å². The second-order valence-corrected chi connectivity index (χ2v) is 2.32. The van der Waals surface area contributed by atoms with Crippen LogP contribution >= 0.6 is 0 Å². The molecule has 4 heteroatoms. The van der Waals surface area contributed by atoms with Crippen LogP contribution in [0.1, 0.15) is 27.7 Å². The van der Waals surface area contributed by atoms with Gasteiger partial charge < -0.3 is 15.3 Å². The summed E-state index contributed by atoms with van der Waals surface area (Å²) < 4.78 is 2.09. The van der Waals surface area contributed by atoms with Crippen LogP contribution in [0.25, 0.3) is 0 Å². The molecule has 0 amide bonds. The number of hydrogen-bond donors (Lipinski definition) is 0. The molecule has 0 aliphatic heterocycles. The van der Waals surface area contributed by atoms with Crippen molar-refractivity contribution < 1.29 is 15.3 Å². The minimum absolute atomic E-state index is 0. The Morgan fingerprint density at radius 1 is 0.923 bits per heavy atom. The molecule has 0 unspecified atom stereocenters. The van der Waals surface area contributed by atoms with Crippen molar-refractivity contribution in [3.63, 3.8) is 0 Å². The summed E-state index contributed by atoms with van der Waals surface area (Å²) in [6, 6.07) is 0. The smallest absolute Gasteiger partial charge is 0.0809 e. The maximum Gasteiger partial charge on any atom is -0.0809 e. The Morgan fingerprint density at radius 2 is 1.00 bits per heavy atom. The molecule has 0 atom stereocenters. The van der Waals surface area contributed by atoms with Crippen molar-refractivity contribution in [2.45, 2.75) is 27.7 Å². The molecular weight excluding hydrogens is 275 g/mol. The third-order valence-electron chi connectivity index (χ3n) is 0.167. The summed E-state index contributed by atoms with van der Waals surface area (Å²) in [6.07, 6.45) is 2.04. The molecule has 13 heavy (non-hydrogen) atoms. The van der Waals surface area contributed by atoms with Crippen LogP contribution in [0.4, 0.5) is 0 Å². The summed E-state index contributed by atoms with van der Waals surface area (Å²) >= 11 is 1.49. The van der Waals surface area contributed by atoms with E-state index < -0.39 is 0 Å². The largest absolute Gasteiger partial charge is 0.855 e. The molecular formula is C9H20O3Sn. The molecule has 0 rings (SSSR count).